The largest absolute Gasteiger partial charge is 0.401 e. The molecule has 1 aliphatic rings. The van der Waals surface area contributed by atoms with E-state index in [0.717, 1.165) is 18.2 Å². The van der Waals surface area contributed by atoms with Gasteiger partial charge in [0.15, 0.2) is 10.8 Å². The Morgan fingerprint density at radius 2 is 1.59 bits per heavy atom. The molecule has 6 heteroatoms. The van der Waals surface area contributed by atoms with Gasteiger partial charge in [-0.05, 0) is 15.4 Å². The van der Waals surface area contributed by atoms with Crippen molar-refractivity contribution in [3.05, 3.63) is 71.7 Å². The van der Waals surface area contributed by atoms with Crippen LogP contribution >= 0.6 is 11.3 Å². The number of aromatic nitrogens is 1. The summed E-state index contributed by atoms with van der Waals surface area (Å²) in [6.07, 6.45) is 0.149. The number of rotatable bonds is 5. The molecule has 0 N–H and O–H groups in total. The second-order valence-electron chi connectivity index (χ2n) is 8.44. The van der Waals surface area contributed by atoms with Crippen LogP contribution in [0.3, 0.4) is 0 Å². The highest BCUT2D eigenvalue weighted by Crippen LogP contribution is 2.39. The minimum Gasteiger partial charge on any atom is -0.401 e. The van der Waals surface area contributed by atoms with Gasteiger partial charge in [-0.3, -0.25) is 0 Å². The van der Waals surface area contributed by atoms with E-state index < -0.39 is 8.32 Å². The van der Waals surface area contributed by atoms with Crippen LogP contribution in [0.5, 0.6) is 0 Å². The molecule has 2 aromatic carbocycles. The molecule has 1 fully saturated rings. The first-order valence-corrected chi connectivity index (χ1v) is 12.6. The Hall–Kier alpha value is -2.46. The molecule has 0 unspecified atom stereocenters. The van der Waals surface area contributed by atoms with Gasteiger partial charge in [0.2, 0.25) is 0 Å². The molecular formula is C23H25N3OSSi. The third kappa shape index (κ3) is 3.62. The molecule has 1 aliphatic heterocycles. The number of hydrogen-bond donors (Lipinski definition) is 0. The lowest BCUT2D eigenvalue weighted by Crippen LogP contribution is -2.70. The number of anilines is 1. The van der Waals surface area contributed by atoms with E-state index in [0.29, 0.717) is 5.69 Å². The molecule has 0 saturated carbocycles. The number of nitrogens with zero attached hydrogens (tertiary/aromatic N) is 3. The quantitative estimate of drug-likeness (QED) is 0.591. The minimum atomic E-state index is -2.51. The summed E-state index contributed by atoms with van der Waals surface area (Å²) < 4.78 is 7.10. The van der Waals surface area contributed by atoms with Gasteiger partial charge in [-0.25, -0.2) is 4.98 Å². The zero-order chi connectivity index (χ0) is 20.5. The molecule has 0 amide bonds. The van der Waals surface area contributed by atoms with Crippen LogP contribution in [0, 0.1) is 11.3 Å². The molecule has 0 atom stereocenters. The number of thiazole rings is 1. The molecule has 0 bridgehead atoms. The fourth-order valence-corrected chi connectivity index (χ4v) is 9.51. The van der Waals surface area contributed by atoms with E-state index >= 15 is 0 Å². The maximum Gasteiger partial charge on any atom is 0.261 e. The Kier molecular flexibility index (Phi) is 5.30. The van der Waals surface area contributed by atoms with Gasteiger partial charge < -0.3 is 9.33 Å². The van der Waals surface area contributed by atoms with Crippen LogP contribution in [0.2, 0.25) is 5.04 Å². The highest BCUT2D eigenvalue weighted by Gasteiger charge is 2.52. The van der Waals surface area contributed by atoms with Crippen molar-refractivity contribution in [2.45, 2.75) is 31.9 Å². The Labute approximate surface area is 177 Å². The lowest BCUT2D eigenvalue weighted by atomic mass is 10.2. The van der Waals surface area contributed by atoms with Crippen molar-refractivity contribution in [2.75, 3.05) is 18.0 Å². The number of hydrogen-bond acceptors (Lipinski definition) is 5. The van der Waals surface area contributed by atoms with E-state index in [1.165, 1.54) is 21.7 Å². The summed E-state index contributed by atoms with van der Waals surface area (Å²) in [5.74, 6) is 0. The summed E-state index contributed by atoms with van der Waals surface area (Å²) in [6.45, 7) is 8.52. The van der Waals surface area contributed by atoms with Crippen molar-refractivity contribution >= 4 is 35.2 Å². The summed E-state index contributed by atoms with van der Waals surface area (Å²) in [5.41, 5.74) is 0.487. The molecule has 1 saturated heterocycles. The Morgan fingerprint density at radius 1 is 1.03 bits per heavy atom. The first-order chi connectivity index (χ1) is 13.9. The van der Waals surface area contributed by atoms with E-state index in [1.54, 1.807) is 0 Å². The van der Waals surface area contributed by atoms with Crippen molar-refractivity contribution < 1.29 is 4.43 Å². The van der Waals surface area contributed by atoms with Crippen LogP contribution in [0.4, 0.5) is 5.13 Å². The molecule has 1 aromatic heterocycles. The summed E-state index contributed by atoms with van der Waals surface area (Å²) in [7, 11) is -2.51. The maximum atomic E-state index is 9.03. The minimum absolute atomic E-state index is 0.0225. The van der Waals surface area contributed by atoms with Gasteiger partial charge in [0, 0.05) is 18.5 Å². The maximum absolute atomic E-state index is 9.03. The van der Waals surface area contributed by atoms with Crippen molar-refractivity contribution in [1.82, 2.24) is 4.98 Å². The standard InChI is InChI=1S/C23H25N3OSSi/c1-23(2,3)29(20-10-6-4-7-11-20,21-12-8-5-9-13-21)27-19-15-26(16-19)22-25-18(14-24)17-28-22/h4-13,17,19H,15-16H2,1-3H3. The highest BCUT2D eigenvalue weighted by molar-refractivity contribution is 7.13. The predicted molar refractivity (Wildman–Crippen MR) is 122 cm³/mol. The second-order valence-corrected chi connectivity index (χ2v) is 13.5. The molecule has 4 rings (SSSR count). The second kappa shape index (κ2) is 7.75. The average Bonchev–Trinajstić information content (AvgIpc) is 3.16. The summed E-state index contributed by atoms with van der Waals surface area (Å²) in [6, 6.07) is 23.6. The van der Waals surface area contributed by atoms with Crippen molar-refractivity contribution in [1.29, 1.82) is 5.26 Å². The summed E-state index contributed by atoms with van der Waals surface area (Å²) in [4.78, 5) is 6.59. The Morgan fingerprint density at radius 3 is 2.03 bits per heavy atom. The fraction of sp³-hybridized carbons (Fsp3) is 0.304. The van der Waals surface area contributed by atoms with Gasteiger partial charge in [0.1, 0.15) is 6.07 Å². The summed E-state index contributed by atoms with van der Waals surface area (Å²) >= 11 is 1.52. The van der Waals surface area contributed by atoms with Gasteiger partial charge >= 0.3 is 0 Å². The lowest BCUT2D eigenvalue weighted by Gasteiger charge is -2.49. The lowest BCUT2D eigenvalue weighted by molar-refractivity contribution is 0.155. The Bertz CT molecular complexity index is 962. The Balaban J connectivity index is 1.66. The van der Waals surface area contributed by atoms with Crippen LogP contribution in [0.1, 0.15) is 26.5 Å². The zero-order valence-electron chi connectivity index (χ0n) is 17.0. The molecule has 0 radical (unpaired) electrons. The fourth-order valence-electron chi connectivity index (χ4n) is 4.07. The topological polar surface area (TPSA) is 49.1 Å². The van der Waals surface area contributed by atoms with Crippen molar-refractivity contribution in [3.8, 4) is 6.07 Å². The van der Waals surface area contributed by atoms with Crippen molar-refractivity contribution in [3.63, 3.8) is 0 Å². The van der Waals surface area contributed by atoms with Crippen molar-refractivity contribution in [2.24, 2.45) is 0 Å². The highest BCUT2D eigenvalue weighted by atomic mass is 32.1. The third-order valence-electron chi connectivity index (χ3n) is 5.49. The van der Waals surface area contributed by atoms with Crippen LogP contribution in [0.25, 0.3) is 0 Å². The molecule has 2 heterocycles. The van der Waals surface area contributed by atoms with E-state index in [4.69, 9.17) is 9.69 Å². The zero-order valence-corrected chi connectivity index (χ0v) is 18.8. The predicted octanol–water partition coefficient (Wildman–Crippen LogP) is 3.78. The molecule has 4 nitrogen and oxygen atoms in total. The monoisotopic (exact) mass is 419 g/mol. The number of nitriles is 1. The van der Waals surface area contributed by atoms with Gasteiger partial charge in [-0.15, -0.1) is 11.3 Å². The normalized spacial score (nSPS) is 15.0. The SMILES string of the molecule is CC(C)(C)[Si](OC1CN(c2nc(C#N)cs2)C1)(c1ccccc1)c1ccccc1. The third-order valence-corrected chi connectivity index (χ3v) is 11.5. The first-order valence-electron chi connectivity index (χ1n) is 9.83. The van der Waals surface area contributed by atoms with Gasteiger partial charge in [-0.2, -0.15) is 5.26 Å². The van der Waals surface area contributed by atoms with E-state index in [9.17, 15) is 0 Å². The van der Waals surface area contributed by atoms with Crippen LogP contribution < -0.4 is 15.3 Å². The molecular weight excluding hydrogens is 394 g/mol. The van der Waals surface area contributed by atoms with Gasteiger partial charge in [0.05, 0.1) is 6.10 Å². The first kappa shape index (κ1) is 19.8. The molecule has 0 aliphatic carbocycles. The van der Waals surface area contributed by atoms with Crippen LogP contribution in [-0.2, 0) is 4.43 Å². The average molecular weight is 420 g/mol. The van der Waals surface area contributed by atoms with E-state index in [-0.39, 0.29) is 11.1 Å². The van der Waals surface area contributed by atoms with Gasteiger partial charge in [-0.1, -0.05) is 81.4 Å². The van der Waals surface area contributed by atoms with E-state index in [2.05, 4.69) is 97.4 Å². The van der Waals surface area contributed by atoms with Gasteiger partial charge in [0.25, 0.3) is 8.32 Å². The molecule has 29 heavy (non-hydrogen) atoms. The number of benzene rings is 2. The van der Waals surface area contributed by atoms with E-state index in [1.807, 2.05) is 5.38 Å². The van der Waals surface area contributed by atoms with Crippen LogP contribution in [0.15, 0.2) is 66.0 Å². The molecule has 0 spiro atoms. The smallest absolute Gasteiger partial charge is 0.261 e. The summed E-state index contributed by atoms with van der Waals surface area (Å²) in [5, 5.41) is 14.3. The van der Waals surface area contributed by atoms with Crippen LogP contribution in [-0.4, -0.2) is 32.5 Å². The molecule has 148 valence electrons. The molecule has 3 aromatic rings.